The van der Waals surface area contributed by atoms with Crippen LogP contribution in [0.1, 0.15) is 71.4 Å². The molecule has 0 spiro atoms. The van der Waals surface area contributed by atoms with Crippen LogP contribution in [-0.2, 0) is 6.54 Å². The monoisotopic (exact) mass is 427 g/mol. The number of amides is 1. The number of halogens is 2. The molecule has 9 heteroatoms. The van der Waals surface area contributed by atoms with Crippen molar-refractivity contribution < 1.29 is 18.0 Å². The van der Waals surface area contributed by atoms with Gasteiger partial charge in [-0.25, -0.2) is 0 Å². The number of rotatable bonds is 4. The van der Waals surface area contributed by atoms with E-state index in [-0.39, 0.29) is 23.9 Å². The number of hydrogen-bond acceptors (Lipinski definition) is 5. The fourth-order valence-corrected chi connectivity index (χ4v) is 4.89. The molecule has 162 valence electrons. The molecule has 0 bridgehead atoms. The molecule has 2 aliphatic rings. The number of carbonyl (C=O) groups excluding carboxylic acids is 1. The molecule has 1 fully saturated rings. The van der Waals surface area contributed by atoms with Crippen molar-refractivity contribution in [3.63, 3.8) is 0 Å². The van der Waals surface area contributed by atoms with Gasteiger partial charge in [-0.2, -0.15) is 13.9 Å². The standard InChI is InChI=1S/C22H23F2N5O2/c1-12-9-13(2)29(27-12)18-6-4-3-5-17(18)28-11-15-8-7-14(10-16(15)22(28)30)20-25-26-21(31-20)19(23)24/h7-10,17-19H,3-6,11H2,1-2H3/t17-,18-/m1/s1. The highest BCUT2D eigenvalue weighted by Gasteiger charge is 2.39. The minimum Gasteiger partial charge on any atom is -0.415 e. The molecule has 3 heterocycles. The van der Waals surface area contributed by atoms with E-state index in [1.54, 1.807) is 12.1 Å². The van der Waals surface area contributed by atoms with Crippen molar-refractivity contribution in [2.24, 2.45) is 0 Å². The Morgan fingerprint density at radius 1 is 1.10 bits per heavy atom. The molecule has 0 N–H and O–H groups in total. The van der Waals surface area contributed by atoms with E-state index in [0.29, 0.717) is 17.7 Å². The van der Waals surface area contributed by atoms with Crippen molar-refractivity contribution in [1.82, 2.24) is 24.9 Å². The maximum absolute atomic E-state index is 13.4. The third-order valence-corrected chi connectivity index (χ3v) is 6.27. The van der Waals surface area contributed by atoms with Gasteiger partial charge in [-0.3, -0.25) is 9.48 Å². The summed E-state index contributed by atoms with van der Waals surface area (Å²) in [6, 6.07) is 7.51. The van der Waals surface area contributed by atoms with Crippen LogP contribution in [0.3, 0.4) is 0 Å². The van der Waals surface area contributed by atoms with Crippen molar-refractivity contribution >= 4 is 5.91 Å². The quantitative estimate of drug-likeness (QED) is 0.607. The van der Waals surface area contributed by atoms with Gasteiger partial charge >= 0.3 is 6.43 Å². The van der Waals surface area contributed by atoms with Gasteiger partial charge in [-0.1, -0.05) is 18.9 Å². The smallest absolute Gasteiger partial charge is 0.314 e. The van der Waals surface area contributed by atoms with Crippen LogP contribution in [-0.4, -0.2) is 36.8 Å². The predicted octanol–water partition coefficient (Wildman–Crippen LogP) is 4.63. The summed E-state index contributed by atoms with van der Waals surface area (Å²) in [5, 5.41) is 11.8. The fraction of sp³-hybridized carbons (Fsp3) is 0.455. The van der Waals surface area contributed by atoms with Gasteiger partial charge in [-0.05, 0) is 50.5 Å². The summed E-state index contributed by atoms with van der Waals surface area (Å²) in [6.45, 7) is 4.56. The molecule has 0 saturated heterocycles. The van der Waals surface area contributed by atoms with Crippen molar-refractivity contribution in [2.75, 3.05) is 0 Å². The van der Waals surface area contributed by atoms with Gasteiger partial charge in [0.15, 0.2) is 0 Å². The fourth-order valence-electron chi connectivity index (χ4n) is 4.89. The highest BCUT2D eigenvalue weighted by molar-refractivity contribution is 5.99. The number of benzene rings is 1. The topological polar surface area (TPSA) is 77.0 Å². The van der Waals surface area contributed by atoms with Gasteiger partial charge < -0.3 is 9.32 Å². The Balaban J connectivity index is 1.44. The van der Waals surface area contributed by atoms with E-state index in [4.69, 9.17) is 4.42 Å². The lowest BCUT2D eigenvalue weighted by atomic mass is 9.89. The molecule has 2 aromatic heterocycles. The SMILES string of the molecule is Cc1cc(C)n([C@@H]2CCCC[C@H]2N2Cc3ccc(-c4nnc(C(F)F)o4)cc3C2=O)n1. The maximum atomic E-state index is 13.4. The summed E-state index contributed by atoms with van der Waals surface area (Å²) in [7, 11) is 0. The van der Waals surface area contributed by atoms with E-state index in [9.17, 15) is 13.6 Å². The average Bonchev–Trinajstić information content (AvgIpc) is 3.45. The normalized spacial score (nSPS) is 21.2. The number of aromatic nitrogens is 4. The van der Waals surface area contributed by atoms with Gasteiger partial charge in [0.1, 0.15) is 0 Å². The van der Waals surface area contributed by atoms with E-state index < -0.39 is 12.3 Å². The van der Waals surface area contributed by atoms with Crippen molar-refractivity contribution in [3.8, 4) is 11.5 Å². The number of hydrogen-bond donors (Lipinski definition) is 0. The van der Waals surface area contributed by atoms with Gasteiger partial charge in [0.05, 0.1) is 17.8 Å². The molecule has 1 saturated carbocycles. The Bertz CT molecular complexity index is 1140. The minimum absolute atomic E-state index is 0.0115. The number of nitrogens with zero attached hydrogens (tertiary/aromatic N) is 5. The summed E-state index contributed by atoms with van der Waals surface area (Å²) in [5.41, 5.74) is 4.02. The second kappa shape index (κ2) is 7.55. The molecule has 7 nitrogen and oxygen atoms in total. The Labute approximate surface area is 178 Å². The van der Waals surface area contributed by atoms with Crippen LogP contribution >= 0.6 is 0 Å². The molecule has 0 radical (unpaired) electrons. The Kier molecular flexibility index (Phi) is 4.83. The van der Waals surface area contributed by atoms with Gasteiger partial charge in [0, 0.05) is 23.4 Å². The van der Waals surface area contributed by atoms with Crippen LogP contribution in [0.15, 0.2) is 28.7 Å². The highest BCUT2D eigenvalue weighted by Crippen LogP contribution is 2.38. The summed E-state index contributed by atoms with van der Waals surface area (Å²) in [4.78, 5) is 15.3. The lowest BCUT2D eigenvalue weighted by molar-refractivity contribution is 0.0556. The van der Waals surface area contributed by atoms with Gasteiger partial charge in [0.2, 0.25) is 5.89 Å². The van der Waals surface area contributed by atoms with Crippen LogP contribution in [0.25, 0.3) is 11.5 Å². The minimum atomic E-state index is -2.83. The third kappa shape index (κ3) is 3.41. The van der Waals surface area contributed by atoms with E-state index in [1.807, 2.05) is 17.9 Å². The molecule has 2 atom stereocenters. The predicted molar refractivity (Wildman–Crippen MR) is 108 cm³/mol. The van der Waals surface area contributed by atoms with Crippen LogP contribution in [0.2, 0.25) is 0 Å². The summed E-state index contributed by atoms with van der Waals surface area (Å²) < 4.78 is 32.7. The summed E-state index contributed by atoms with van der Waals surface area (Å²) >= 11 is 0. The number of aryl methyl sites for hydroxylation is 2. The van der Waals surface area contributed by atoms with Crippen LogP contribution in [0, 0.1) is 13.8 Å². The molecular formula is C22H23F2N5O2. The third-order valence-electron chi connectivity index (χ3n) is 6.27. The second-order valence-electron chi connectivity index (χ2n) is 8.34. The van der Waals surface area contributed by atoms with E-state index in [1.165, 1.54) is 0 Å². The van der Waals surface area contributed by atoms with Gasteiger partial charge in [-0.15, -0.1) is 10.2 Å². The van der Waals surface area contributed by atoms with Crippen LogP contribution in [0.5, 0.6) is 0 Å². The number of fused-ring (bicyclic) bond motifs is 1. The molecular weight excluding hydrogens is 404 g/mol. The van der Waals surface area contributed by atoms with Crippen molar-refractivity contribution in [3.05, 3.63) is 52.7 Å². The lowest BCUT2D eigenvalue weighted by Gasteiger charge is -2.38. The van der Waals surface area contributed by atoms with Crippen LogP contribution < -0.4 is 0 Å². The Morgan fingerprint density at radius 2 is 1.87 bits per heavy atom. The molecule has 3 aromatic rings. The van der Waals surface area contributed by atoms with Crippen molar-refractivity contribution in [2.45, 2.75) is 64.6 Å². The summed E-state index contributed by atoms with van der Waals surface area (Å²) in [6.07, 6.45) is 1.27. The molecule has 1 amide bonds. The molecule has 1 aliphatic heterocycles. The highest BCUT2D eigenvalue weighted by atomic mass is 19.3. The van der Waals surface area contributed by atoms with Crippen LogP contribution in [0.4, 0.5) is 8.78 Å². The molecule has 1 aliphatic carbocycles. The first-order chi connectivity index (χ1) is 14.9. The first-order valence-electron chi connectivity index (χ1n) is 10.5. The van der Waals surface area contributed by atoms with Crippen molar-refractivity contribution in [1.29, 1.82) is 0 Å². The Morgan fingerprint density at radius 3 is 2.55 bits per heavy atom. The number of carbonyl (C=O) groups is 1. The largest absolute Gasteiger partial charge is 0.415 e. The average molecular weight is 427 g/mol. The zero-order chi connectivity index (χ0) is 21.7. The number of alkyl halides is 2. The molecule has 5 rings (SSSR count). The summed E-state index contributed by atoms with van der Waals surface area (Å²) in [5.74, 6) is -0.787. The molecule has 31 heavy (non-hydrogen) atoms. The zero-order valence-electron chi connectivity index (χ0n) is 17.4. The Hall–Kier alpha value is -3.10. The first kappa shape index (κ1) is 19.8. The van der Waals surface area contributed by atoms with E-state index in [0.717, 1.165) is 42.6 Å². The first-order valence-corrected chi connectivity index (χ1v) is 10.5. The van der Waals surface area contributed by atoms with E-state index in [2.05, 4.69) is 33.0 Å². The molecule has 0 unspecified atom stereocenters. The maximum Gasteiger partial charge on any atom is 0.314 e. The van der Waals surface area contributed by atoms with Gasteiger partial charge in [0.25, 0.3) is 11.8 Å². The second-order valence-corrected chi connectivity index (χ2v) is 8.34. The zero-order valence-corrected chi connectivity index (χ0v) is 17.4. The van der Waals surface area contributed by atoms with E-state index >= 15 is 0 Å². The lowest BCUT2D eigenvalue weighted by Crippen LogP contribution is -2.44. The molecule has 1 aromatic carbocycles.